The molecule has 0 aliphatic heterocycles. The summed E-state index contributed by atoms with van der Waals surface area (Å²) in [6, 6.07) is 12.0. The smallest absolute Gasteiger partial charge is 0.243 e. The van der Waals surface area contributed by atoms with Crippen LogP contribution in [0.5, 0.6) is 5.75 Å². The van der Waals surface area contributed by atoms with Crippen LogP contribution in [-0.4, -0.2) is 69.6 Å². The second kappa shape index (κ2) is 14.7. The summed E-state index contributed by atoms with van der Waals surface area (Å²) in [6.07, 6.45) is 1.81. The van der Waals surface area contributed by atoms with Crippen molar-refractivity contribution in [3.05, 3.63) is 65.7 Å². The van der Waals surface area contributed by atoms with E-state index in [9.17, 15) is 28.5 Å². The maximum Gasteiger partial charge on any atom is 0.243 e. The molecule has 0 bridgehead atoms. The normalized spacial score (nSPS) is 14.0. The van der Waals surface area contributed by atoms with Crippen molar-refractivity contribution in [1.82, 2.24) is 16.0 Å². The molecule has 0 aromatic heterocycles. The van der Waals surface area contributed by atoms with E-state index in [-0.39, 0.29) is 30.8 Å². The predicted molar refractivity (Wildman–Crippen MR) is 140 cm³/mol. The summed E-state index contributed by atoms with van der Waals surface area (Å²) < 4.78 is 11.7. The Morgan fingerprint density at radius 3 is 2.08 bits per heavy atom. The van der Waals surface area contributed by atoms with Gasteiger partial charge in [0.05, 0.1) is 12.6 Å². The quantitative estimate of drug-likeness (QED) is 0.177. The van der Waals surface area contributed by atoms with E-state index in [0.29, 0.717) is 5.56 Å². The van der Waals surface area contributed by atoms with Gasteiger partial charge >= 0.3 is 0 Å². The van der Waals surface area contributed by atoms with E-state index in [0.717, 1.165) is 5.56 Å². The van der Waals surface area contributed by atoms with Gasteiger partial charge in [-0.2, -0.15) is 0 Å². The van der Waals surface area contributed by atoms with E-state index in [1.807, 2.05) is 6.07 Å². The molecule has 2 aromatic rings. The minimum absolute atomic E-state index is 0.0492. The van der Waals surface area contributed by atoms with Crippen LogP contribution in [-0.2, 0) is 42.8 Å². The molecule has 4 unspecified atom stereocenters. The lowest BCUT2D eigenvalue weighted by atomic mass is 10.0. The van der Waals surface area contributed by atoms with Gasteiger partial charge in [0.25, 0.3) is 0 Å². The average molecular weight is 531 g/mol. The highest BCUT2D eigenvalue weighted by Crippen LogP contribution is 2.11. The number of rotatable bonds is 14. The number of carbonyl (C=O) groups excluding carboxylic acids is 4. The fraction of sp³-hybridized carbons (Fsp3) is 0.360. The Morgan fingerprint density at radius 1 is 0.892 bits per heavy atom. The number of primary amides is 1. The zero-order chi connectivity index (χ0) is 27.4. The predicted octanol–water partition coefficient (Wildman–Crippen LogP) is -1.16. The third kappa shape index (κ3) is 10.8. The number of hydrogen-bond donors (Lipinski definition) is 6. The lowest BCUT2D eigenvalue weighted by molar-refractivity contribution is -0.132. The van der Waals surface area contributed by atoms with E-state index < -0.39 is 59.1 Å². The van der Waals surface area contributed by atoms with Gasteiger partial charge in [0.2, 0.25) is 23.6 Å². The lowest BCUT2D eigenvalue weighted by Gasteiger charge is -2.24. The fourth-order valence-electron chi connectivity index (χ4n) is 3.44. The highest BCUT2D eigenvalue weighted by Gasteiger charge is 2.28. The number of phenolic OH excluding ortho intramolecular Hbond substituents is 1. The molecule has 0 spiro atoms. The molecule has 200 valence electrons. The Hall–Kier alpha value is -3.77. The third-order valence-electron chi connectivity index (χ3n) is 5.41. The number of nitrogens with one attached hydrogen (secondary N) is 3. The fourth-order valence-corrected chi connectivity index (χ4v) is 4.01. The van der Waals surface area contributed by atoms with Crippen LogP contribution in [0.25, 0.3) is 0 Å². The molecule has 0 heterocycles. The van der Waals surface area contributed by atoms with Crippen LogP contribution in [0.2, 0.25) is 0 Å². The summed E-state index contributed by atoms with van der Waals surface area (Å²) in [5.41, 5.74) is 12.6. The molecule has 2 rings (SSSR count). The van der Waals surface area contributed by atoms with Gasteiger partial charge in [-0.1, -0.05) is 42.5 Å². The first-order chi connectivity index (χ1) is 17.5. The first-order valence-corrected chi connectivity index (χ1v) is 13.3. The minimum Gasteiger partial charge on any atom is -0.508 e. The van der Waals surface area contributed by atoms with Crippen molar-refractivity contribution in [2.75, 3.05) is 18.6 Å². The molecule has 8 N–H and O–H groups in total. The summed E-state index contributed by atoms with van der Waals surface area (Å²) in [6.45, 7) is -0.402. The molecule has 0 fully saturated rings. The summed E-state index contributed by atoms with van der Waals surface area (Å²) in [7, 11) is -1.24. The Balaban J connectivity index is 2.14. The molecule has 11 nitrogen and oxygen atoms in total. The van der Waals surface area contributed by atoms with Crippen LogP contribution < -0.4 is 27.4 Å². The second-order valence-electron chi connectivity index (χ2n) is 8.54. The molecule has 37 heavy (non-hydrogen) atoms. The molecule has 4 atom stereocenters. The summed E-state index contributed by atoms with van der Waals surface area (Å²) in [5.74, 6) is -2.42. The first kappa shape index (κ1) is 29.5. The van der Waals surface area contributed by atoms with Crippen molar-refractivity contribution < 1.29 is 28.5 Å². The summed E-state index contributed by atoms with van der Waals surface area (Å²) in [4.78, 5) is 49.8. The summed E-state index contributed by atoms with van der Waals surface area (Å²) >= 11 is 0. The summed E-state index contributed by atoms with van der Waals surface area (Å²) in [5, 5.41) is 17.0. The molecule has 2 aromatic carbocycles. The van der Waals surface area contributed by atoms with E-state index in [1.165, 1.54) is 18.4 Å². The average Bonchev–Trinajstić information content (AvgIpc) is 2.86. The topological polar surface area (TPSA) is 194 Å². The zero-order valence-electron chi connectivity index (χ0n) is 20.5. The molecule has 12 heteroatoms. The lowest BCUT2D eigenvalue weighted by Crippen LogP contribution is -2.57. The maximum atomic E-state index is 13.2. The Kier molecular flexibility index (Phi) is 11.7. The standard InChI is InChI=1S/C25H33N5O6S/c1-37(36)12-11-20(29-23(33)19(26)13-17-7-9-18(31)10-8-17)25(35)30-21(24(34)28-15-22(27)32)14-16-5-3-2-4-6-16/h2-10,19-21,31H,11-15,26H2,1H3,(H2,27,32)(H,28,34)(H,29,33)(H,30,35)/i27-1. The van der Waals surface area contributed by atoms with Gasteiger partial charge in [0, 0.05) is 29.2 Å². The number of benzene rings is 2. The van der Waals surface area contributed by atoms with Crippen molar-refractivity contribution in [2.45, 2.75) is 37.4 Å². The zero-order valence-corrected chi connectivity index (χ0v) is 21.3. The third-order valence-corrected chi connectivity index (χ3v) is 6.22. The SMILES string of the molecule is CS(=O)CCC(NC(=O)C(N)Cc1ccc(O)cc1)C(=O)NC(Cc1ccccc1)C(=O)NCC([13NH2])=O. The van der Waals surface area contributed by atoms with Crippen LogP contribution in [0.15, 0.2) is 54.6 Å². The van der Waals surface area contributed by atoms with Crippen LogP contribution in [0.4, 0.5) is 0 Å². The molecule has 4 amide bonds. The molecule has 0 aliphatic carbocycles. The van der Waals surface area contributed by atoms with Gasteiger partial charge in [0.15, 0.2) is 0 Å². The highest BCUT2D eigenvalue weighted by atomic mass is 32.2. The molecule has 0 aliphatic rings. The minimum atomic E-state index is -1.24. The number of hydrogen-bond acceptors (Lipinski definition) is 7. The Bertz CT molecular complexity index is 1100. The van der Waals surface area contributed by atoms with E-state index in [4.69, 9.17) is 11.5 Å². The first-order valence-electron chi connectivity index (χ1n) is 11.6. The largest absolute Gasteiger partial charge is 0.508 e. The van der Waals surface area contributed by atoms with Crippen LogP contribution >= 0.6 is 0 Å². The van der Waals surface area contributed by atoms with E-state index in [2.05, 4.69) is 16.0 Å². The Morgan fingerprint density at radius 2 is 1.49 bits per heavy atom. The highest BCUT2D eigenvalue weighted by molar-refractivity contribution is 7.84. The monoisotopic (exact) mass is 530 g/mol. The molecule has 0 saturated carbocycles. The van der Waals surface area contributed by atoms with Gasteiger partial charge in [0.1, 0.15) is 17.8 Å². The number of aromatic hydroxyl groups is 1. The van der Waals surface area contributed by atoms with Crippen molar-refractivity contribution >= 4 is 34.4 Å². The van der Waals surface area contributed by atoms with Gasteiger partial charge in [-0.15, -0.1) is 0 Å². The van der Waals surface area contributed by atoms with Gasteiger partial charge in [-0.25, -0.2) is 0 Å². The molecular formula is C25H33N5O6S. The number of carbonyl (C=O) groups is 4. The van der Waals surface area contributed by atoms with Crippen LogP contribution in [0.3, 0.4) is 0 Å². The van der Waals surface area contributed by atoms with Gasteiger partial charge < -0.3 is 32.5 Å². The van der Waals surface area contributed by atoms with Crippen molar-refractivity contribution in [2.24, 2.45) is 11.5 Å². The molecule has 0 saturated heterocycles. The Labute approximate surface area is 217 Å². The van der Waals surface area contributed by atoms with Crippen molar-refractivity contribution in [1.29, 1.82) is 0 Å². The van der Waals surface area contributed by atoms with Gasteiger partial charge in [-0.05, 0) is 36.1 Å². The maximum absolute atomic E-state index is 13.2. The van der Waals surface area contributed by atoms with Gasteiger partial charge in [-0.3, -0.25) is 23.4 Å². The van der Waals surface area contributed by atoms with E-state index in [1.54, 1.807) is 36.4 Å². The molecular weight excluding hydrogens is 497 g/mol. The second-order valence-corrected chi connectivity index (χ2v) is 10.1. The van der Waals surface area contributed by atoms with Crippen LogP contribution in [0, 0.1) is 0 Å². The van der Waals surface area contributed by atoms with Crippen LogP contribution in [0.1, 0.15) is 17.5 Å². The number of phenols is 1. The van der Waals surface area contributed by atoms with E-state index >= 15 is 0 Å². The van der Waals surface area contributed by atoms with Crippen molar-refractivity contribution in [3.63, 3.8) is 0 Å². The number of amides is 4. The number of nitrogens with two attached hydrogens (primary N) is 2. The molecule has 0 radical (unpaired) electrons. The van der Waals surface area contributed by atoms with Crippen molar-refractivity contribution in [3.8, 4) is 5.75 Å².